The van der Waals surface area contributed by atoms with Crippen LogP contribution in [0.4, 0.5) is 5.69 Å². The number of para-hydroxylation sites is 3. The zero-order chi connectivity index (χ0) is 17.1. The van der Waals surface area contributed by atoms with Gasteiger partial charge in [-0.15, -0.1) is 0 Å². The Labute approximate surface area is 146 Å². The normalized spacial score (nSPS) is 13.1. The Kier molecular flexibility index (Phi) is 4.21. The molecule has 1 amide bonds. The molecular weight excluding hydrogens is 314 g/mol. The van der Waals surface area contributed by atoms with E-state index in [1.807, 2.05) is 54.6 Å². The number of aryl methyl sites for hydroxylation is 1. The van der Waals surface area contributed by atoms with Crippen LogP contribution in [0.2, 0.25) is 0 Å². The smallest absolute Gasteiger partial charge is 0.276 e. The molecular formula is C20H19N3O2. The van der Waals surface area contributed by atoms with Crippen LogP contribution in [-0.2, 0) is 12.8 Å². The molecule has 1 aliphatic carbocycles. The Morgan fingerprint density at radius 3 is 2.64 bits per heavy atom. The quantitative estimate of drug-likeness (QED) is 0.746. The summed E-state index contributed by atoms with van der Waals surface area (Å²) in [6.07, 6.45) is 4.10. The van der Waals surface area contributed by atoms with Crippen molar-refractivity contribution in [3.8, 4) is 11.5 Å². The standard InChI is InChI=1S/C20H19N3O2/c24-20(19-15-10-4-5-11-16(15)22-23-19)21-17-12-6-7-13-18(17)25-14-8-2-1-3-9-14/h1-3,6-9,12-13H,4-5,10-11H2,(H,21,24)(H,22,23). The Morgan fingerprint density at radius 2 is 1.76 bits per heavy atom. The Hall–Kier alpha value is -3.08. The number of nitrogens with zero attached hydrogens (tertiary/aromatic N) is 1. The van der Waals surface area contributed by atoms with Gasteiger partial charge in [0.15, 0.2) is 11.4 Å². The van der Waals surface area contributed by atoms with Crippen LogP contribution in [0, 0.1) is 0 Å². The topological polar surface area (TPSA) is 67.0 Å². The molecule has 0 atom stereocenters. The fraction of sp³-hybridized carbons (Fsp3) is 0.200. The van der Waals surface area contributed by atoms with Gasteiger partial charge in [0.1, 0.15) is 5.75 Å². The molecule has 0 bridgehead atoms. The van der Waals surface area contributed by atoms with Crippen molar-refractivity contribution in [1.29, 1.82) is 0 Å². The first-order valence-electron chi connectivity index (χ1n) is 8.50. The van der Waals surface area contributed by atoms with E-state index in [0.717, 1.165) is 42.7 Å². The van der Waals surface area contributed by atoms with Gasteiger partial charge in [-0.2, -0.15) is 5.10 Å². The molecule has 0 fully saturated rings. The number of fused-ring (bicyclic) bond motifs is 1. The van der Waals surface area contributed by atoms with E-state index in [4.69, 9.17) is 4.74 Å². The number of carbonyl (C=O) groups excluding carboxylic acids is 1. The molecule has 2 N–H and O–H groups in total. The second-order valence-corrected chi connectivity index (χ2v) is 6.10. The molecule has 1 aliphatic rings. The minimum atomic E-state index is -0.205. The first-order valence-corrected chi connectivity index (χ1v) is 8.50. The van der Waals surface area contributed by atoms with Crippen molar-refractivity contribution in [1.82, 2.24) is 10.2 Å². The average molecular weight is 333 g/mol. The van der Waals surface area contributed by atoms with E-state index < -0.39 is 0 Å². The van der Waals surface area contributed by atoms with Crippen molar-refractivity contribution in [2.75, 3.05) is 5.32 Å². The summed E-state index contributed by atoms with van der Waals surface area (Å²) < 4.78 is 5.90. The second-order valence-electron chi connectivity index (χ2n) is 6.10. The minimum absolute atomic E-state index is 0.205. The van der Waals surface area contributed by atoms with Gasteiger partial charge in [0.25, 0.3) is 5.91 Å². The summed E-state index contributed by atoms with van der Waals surface area (Å²) >= 11 is 0. The molecule has 0 radical (unpaired) electrons. The summed E-state index contributed by atoms with van der Waals surface area (Å²) in [6.45, 7) is 0. The van der Waals surface area contributed by atoms with E-state index in [2.05, 4.69) is 15.5 Å². The summed E-state index contributed by atoms with van der Waals surface area (Å²) in [6, 6.07) is 16.9. The molecule has 25 heavy (non-hydrogen) atoms. The molecule has 0 saturated carbocycles. The molecule has 1 heterocycles. The molecule has 126 valence electrons. The largest absolute Gasteiger partial charge is 0.455 e. The number of nitrogens with one attached hydrogen (secondary N) is 2. The number of aromatic amines is 1. The number of rotatable bonds is 4. The van der Waals surface area contributed by atoms with E-state index in [1.54, 1.807) is 0 Å². The van der Waals surface area contributed by atoms with Crippen LogP contribution < -0.4 is 10.1 Å². The van der Waals surface area contributed by atoms with Crippen molar-refractivity contribution >= 4 is 11.6 Å². The highest BCUT2D eigenvalue weighted by molar-refractivity contribution is 6.04. The summed E-state index contributed by atoms with van der Waals surface area (Å²) in [5.41, 5.74) is 3.25. The minimum Gasteiger partial charge on any atom is -0.455 e. The lowest BCUT2D eigenvalue weighted by Gasteiger charge is -2.13. The van der Waals surface area contributed by atoms with Crippen molar-refractivity contribution in [3.05, 3.63) is 71.5 Å². The predicted octanol–water partition coefficient (Wildman–Crippen LogP) is 4.33. The number of H-pyrrole nitrogens is 1. The van der Waals surface area contributed by atoms with Crippen molar-refractivity contribution in [2.24, 2.45) is 0 Å². The number of amides is 1. The van der Waals surface area contributed by atoms with Gasteiger partial charge in [-0.3, -0.25) is 9.89 Å². The predicted molar refractivity (Wildman–Crippen MR) is 96.1 cm³/mol. The van der Waals surface area contributed by atoms with E-state index >= 15 is 0 Å². The van der Waals surface area contributed by atoms with Crippen molar-refractivity contribution in [2.45, 2.75) is 25.7 Å². The molecule has 5 nitrogen and oxygen atoms in total. The molecule has 3 aromatic rings. The van der Waals surface area contributed by atoms with Gasteiger partial charge in [-0.25, -0.2) is 0 Å². The third-order valence-corrected chi connectivity index (χ3v) is 4.38. The summed E-state index contributed by atoms with van der Waals surface area (Å²) in [5, 5.41) is 10.2. The summed E-state index contributed by atoms with van der Waals surface area (Å²) in [4.78, 5) is 12.7. The van der Waals surface area contributed by atoms with Crippen LogP contribution in [0.3, 0.4) is 0 Å². The SMILES string of the molecule is O=C(Nc1ccccc1Oc1ccccc1)c1n[nH]c2c1CCCC2. The highest BCUT2D eigenvalue weighted by atomic mass is 16.5. The lowest BCUT2D eigenvalue weighted by molar-refractivity contribution is 0.102. The maximum absolute atomic E-state index is 12.7. The van der Waals surface area contributed by atoms with E-state index in [9.17, 15) is 4.79 Å². The van der Waals surface area contributed by atoms with E-state index in [-0.39, 0.29) is 5.91 Å². The van der Waals surface area contributed by atoms with Crippen LogP contribution >= 0.6 is 0 Å². The van der Waals surface area contributed by atoms with Gasteiger partial charge in [-0.05, 0) is 49.9 Å². The lowest BCUT2D eigenvalue weighted by Crippen LogP contribution is -2.16. The lowest BCUT2D eigenvalue weighted by atomic mass is 9.96. The molecule has 0 saturated heterocycles. The maximum atomic E-state index is 12.7. The van der Waals surface area contributed by atoms with Crippen molar-refractivity contribution in [3.63, 3.8) is 0 Å². The number of aromatic nitrogens is 2. The van der Waals surface area contributed by atoms with E-state index in [0.29, 0.717) is 17.1 Å². The number of anilines is 1. The number of hydrogen-bond acceptors (Lipinski definition) is 3. The van der Waals surface area contributed by atoms with Crippen LogP contribution in [-0.4, -0.2) is 16.1 Å². The average Bonchev–Trinajstić information content (AvgIpc) is 3.08. The molecule has 5 heteroatoms. The first-order chi connectivity index (χ1) is 12.3. The molecule has 2 aromatic carbocycles. The Morgan fingerprint density at radius 1 is 1.00 bits per heavy atom. The zero-order valence-electron chi connectivity index (χ0n) is 13.8. The van der Waals surface area contributed by atoms with Gasteiger partial charge >= 0.3 is 0 Å². The third kappa shape index (κ3) is 3.26. The molecule has 0 aliphatic heterocycles. The van der Waals surface area contributed by atoms with E-state index in [1.165, 1.54) is 0 Å². The fourth-order valence-electron chi connectivity index (χ4n) is 3.12. The monoisotopic (exact) mass is 333 g/mol. The summed E-state index contributed by atoms with van der Waals surface area (Å²) in [7, 11) is 0. The Balaban J connectivity index is 1.57. The van der Waals surface area contributed by atoms with Gasteiger partial charge < -0.3 is 10.1 Å². The highest BCUT2D eigenvalue weighted by Crippen LogP contribution is 2.30. The van der Waals surface area contributed by atoms with Crippen LogP contribution in [0.5, 0.6) is 11.5 Å². The Bertz CT molecular complexity index is 887. The van der Waals surface area contributed by atoms with Gasteiger partial charge in [0.05, 0.1) is 5.69 Å². The summed E-state index contributed by atoms with van der Waals surface area (Å²) in [5.74, 6) is 1.12. The van der Waals surface area contributed by atoms with Crippen LogP contribution in [0.15, 0.2) is 54.6 Å². The molecule has 1 aromatic heterocycles. The van der Waals surface area contributed by atoms with Gasteiger partial charge in [0.2, 0.25) is 0 Å². The molecule has 0 spiro atoms. The van der Waals surface area contributed by atoms with Gasteiger partial charge in [0, 0.05) is 11.3 Å². The number of benzene rings is 2. The van der Waals surface area contributed by atoms with Crippen LogP contribution in [0.1, 0.15) is 34.6 Å². The molecule has 0 unspecified atom stereocenters. The number of carbonyl (C=O) groups is 1. The number of ether oxygens (including phenoxy) is 1. The molecule has 4 rings (SSSR count). The van der Waals surface area contributed by atoms with Crippen LogP contribution in [0.25, 0.3) is 0 Å². The fourth-order valence-corrected chi connectivity index (χ4v) is 3.12. The zero-order valence-corrected chi connectivity index (χ0v) is 13.8. The first kappa shape index (κ1) is 15.4. The van der Waals surface area contributed by atoms with Crippen molar-refractivity contribution < 1.29 is 9.53 Å². The second kappa shape index (κ2) is 6.81. The highest BCUT2D eigenvalue weighted by Gasteiger charge is 2.22. The van der Waals surface area contributed by atoms with Gasteiger partial charge in [-0.1, -0.05) is 30.3 Å². The third-order valence-electron chi connectivity index (χ3n) is 4.38. The maximum Gasteiger partial charge on any atom is 0.276 e. The number of hydrogen-bond donors (Lipinski definition) is 2.